The van der Waals surface area contributed by atoms with Crippen molar-refractivity contribution < 1.29 is 14.3 Å². The number of hydrogen-bond donors (Lipinski definition) is 0. The van der Waals surface area contributed by atoms with Gasteiger partial charge in [0, 0.05) is 16.3 Å². The van der Waals surface area contributed by atoms with E-state index in [1.165, 1.54) is 7.11 Å². The van der Waals surface area contributed by atoms with Gasteiger partial charge in [-0.1, -0.05) is 54.6 Å². The van der Waals surface area contributed by atoms with Gasteiger partial charge in [-0.3, -0.25) is 9.59 Å². The molecule has 114 valence electrons. The Morgan fingerprint density at radius 2 is 1.57 bits per heavy atom. The number of benzene rings is 2. The third-order valence-corrected chi connectivity index (χ3v) is 3.53. The van der Waals surface area contributed by atoms with E-state index in [1.54, 1.807) is 6.07 Å². The maximum absolute atomic E-state index is 12.3. The molecule has 0 aliphatic heterocycles. The summed E-state index contributed by atoms with van der Waals surface area (Å²) in [6.07, 6.45) is -0.347. The van der Waals surface area contributed by atoms with Crippen LogP contribution in [0.3, 0.4) is 0 Å². The first-order valence-electron chi connectivity index (χ1n) is 7.11. The van der Waals surface area contributed by atoms with Crippen LogP contribution in [0, 0.1) is 0 Å². The fraction of sp³-hybridized carbons (Fsp3) is 0.111. The number of carbonyl (C=O) groups excluding carboxylic acids is 2. The van der Waals surface area contributed by atoms with Crippen LogP contribution in [0.25, 0.3) is 22.0 Å². The van der Waals surface area contributed by atoms with Crippen molar-refractivity contribution in [3.8, 4) is 11.3 Å². The zero-order valence-electron chi connectivity index (χ0n) is 12.5. The predicted octanol–water partition coefficient (Wildman–Crippen LogP) is 3.04. The molecule has 0 saturated carbocycles. The third kappa shape index (κ3) is 2.94. The molecule has 0 aliphatic rings. The molecule has 1 heterocycles. The fourth-order valence-electron chi connectivity index (χ4n) is 2.41. The number of esters is 1. The second-order valence-electron chi connectivity index (χ2n) is 4.98. The first-order chi connectivity index (χ1) is 11.2. The molecule has 0 N–H and O–H groups in total. The lowest BCUT2D eigenvalue weighted by Gasteiger charge is -2.08. The van der Waals surface area contributed by atoms with Crippen molar-refractivity contribution in [2.45, 2.75) is 6.42 Å². The normalized spacial score (nSPS) is 10.5. The number of hydrogen-bond acceptors (Lipinski definition) is 5. The summed E-state index contributed by atoms with van der Waals surface area (Å²) in [7, 11) is 1.25. The molecule has 0 radical (unpaired) electrons. The summed E-state index contributed by atoms with van der Waals surface area (Å²) in [4.78, 5) is 23.6. The van der Waals surface area contributed by atoms with Crippen LogP contribution in [0.1, 0.15) is 16.9 Å². The smallest absolute Gasteiger partial charge is 0.313 e. The highest BCUT2D eigenvalue weighted by molar-refractivity contribution is 6.13. The van der Waals surface area contributed by atoms with Crippen LogP contribution in [-0.2, 0) is 9.53 Å². The zero-order chi connectivity index (χ0) is 16.2. The van der Waals surface area contributed by atoms with Gasteiger partial charge in [0.1, 0.15) is 17.8 Å². The van der Waals surface area contributed by atoms with Crippen LogP contribution in [0.5, 0.6) is 0 Å². The molecule has 0 bridgehead atoms. The van der Waals surface area contributed by atoms with Crippen LogP contribution >= 0.6 is 0 Å². The quantitative estimate of drug-likeness (QED) is 0.421. The highest BCUT2D eigenvalue weighted by Crippen LogP contribution is 2.27. The third-order valence-electron chi connectivity index (χ3n) is 3.53. The van der Waals surface area contributed by atoms with Gasteiger partial charge in [-0.2, -0.15) is 0 Å². The van der Waals surface area contributed by atoms with Crippen LogP contribution in [-0.4, -0.2) is 29.1 Å². The number of nitrogens with zero attached hydrogens (tertiary/aromatic N) is 2. The molecule has 1 aromatic heterocycles. The number of rotatable bonds is 4. The van der Waals surface area contributed by atoms with Crippen molar-refractivity contribution >= 4 is 22.5 Å². The summed E-state index contributed by atoms with van der Waals surface area (Å²) >= 11 is 0. The van der Waals surface area contributed by atoms with Crippen molar-refractivity contribution in [1.29, 1.82) is 0 Å². The summed E-state index contributed by atoms with van der Waals surface area (Å²) in [5.74, 6) is -0.992. The summed E-state index contributed by atoms with van der Waals surface area (Å²) in [5, 5.41) is 9.77. The minimum Gasteiger partial charge on any atom is -0.469 e. The van der Waals surface area contributed by atoms with Crippen LogP contribution in [0.2, 0.25) is 0 Å². The minimum atomic E-state index is -0.590. The average molecular weight is 306 g/mol. The molecular formula is C18H14N2O3. The molecule has 0 aliphatic carbocycles. The van der Waals surface area contributed by atoms with E-state index in [1.807, 2.05) is 48.5 Å². The van der Waals surface area contributed by atoms with E-state index >= 15 is 0 Å². The standard InChI is InChI=1S/C18H14N2O3/c1-23-16(22)11-15(21)18-14-10-6-5-9-13(14)17(19-20-18)12-7-3-2-4-8-12/h2-10H,11H2,1H3. The van der Waals surface area contributed by atoms with E-state index in [9.17, 15) is 9.59 Å². The molecule has 0 fully saturated rings. The second kappa shape index (κ2) is 6.36. The molecule has 0 amide bonds. The molecule has 0 atom stereocenters. The Bertz CT molecular complexity index is 876. The van der Waals surface area contributed by atoms with Gasteiger partial charge in [-0.05, 0) is 0 Å². The number of fused-ring (bicyclic) bond motifs is 1. The van der Waals surface area contributed by atoms with E-state index in [-0.39, 0.29) is 12.1 Å². The molecular weight excluding hydrogens is 292 g/mol. The second-order valence-corrected chi connectivity index (χ2v) is 4.98. The molecule has 3 rings (SSSR count). The molecule has 5 heteroatoms. The van der Waals surface area contributed by atoms with Gasteiger partial charge in [0.2, 0.25) is 0 Å². The number of ether oxygens (including phenoxy) is 1. The molecule has 0 spiro atoms. The Balaban J connectivity index is 2.13. The van der Waals surface area contributed by atoms with Gasteiger partial charge in [0.25, 0.3) is 0 Å². The summed E-state index contributed by atoms with van der Waals surface area (Å²) in [5.41, 5.74) is 1.81. The molecule has 5 nitrogen and oxygen atoms in total. The van der Waals surface area contributed by atoms with E-state index in [0.29, 0.717) is 11.1 Å². The lowest BCUT2D eigenvalue weighted by Crippen LogP contribution is -2.12. The summed E-state index contributed by atoms with van der Waals surface area (Å²) in [6, 6.07) is 17.0. The highest BCUT2D eigenvalue weighted by Gasteiger charge is 2.19. The molecule has 23 heavy (non-hydrogen) atoms. The van der Waals surface area contributed by atoms with Gasteiger partial charge in [-0.25, -0.2) is 0 Å². The Kier molecular flexibility index (Phi) is 4.10. The number of aromatic nitrogens is 2. The molecule has 3 aromatic rings. The average Bonchev–Trinajstić information content (AvgIpc) is 2.61. The van der Waals surface area contributed by atoms with Crippen molar-refractivity contribution in [2.75, 3.05) is 7.11 Å². The van der Waals surface area contributed by atoms with Crippen LogP contribution in [0.4, 0.5) is 0 Å². The van der Waals surface area contributed by atoms with E-state index in [4.69, 9.17) is 0 Å². The van der Waals surface area contributed by atoms with Crippen LogP contribution in [0.15, 0.2) is 54.6 Å². The van der Waals surface area contributed by atoms with Gasteiger partial charge < -0.3 is 4.74 Å². The van der Waals surface area contributed by atoms with Gasteiger partial charge >= 0.3 is 5.97 Å². The lowest BCUT2D eigenvalue weighted by molar-refractivity contribution is -0.139. The Morgan fingerprint density at radius 1 is 0.913 bits per heavy atom. The zero-order valence-corrected chi connectivity index (χ0v) is 12.5. The first-order valence-corrected chi connectivity index (χ1v) is 7.11. The van der Waals surface area contributed by atoms with Gasteiger partial charge in [0.15, 0.2) is 5.78 Å². The van der Waals surface area contributed by atoms with Gasteiger partial charge in [-0.15, -0.1) is 10.2 Å². The lowest BCUT2D eigenvalue weighted by atomic mass is 10.0. The predicted molar refractivity (Wildman–Crippen MR) is 85.9 cm³/mol. The number of carbonyl (C=O) groups is 2. The largest absolute Gasteiger partial charge is 0.469 e. The maximum Gasteiger partial charge on any atom is 0.313 e. The van der Waals surface area contributed by atoms with E-state index < -0.39 is 11.8 Å². The van der Waals surface area contributed by atoms with E-state index in [2.05, 4.69) is 14.9 Å². The van der Waals surface area contributed by atoms with Crippen LogP contribution < -0.4 is 0 Å². The maximum atomic E-state index is 12.3. The van der Waals surface area contributed by atoms with Crippen molar-refractivity contribution in [1.82, 2.24) is 10.2 Å². The minimum absolute atomic E-state index is 0.186. The first kappa shape index (κ1) is 14.8. The number of Topliss-reactive ketones (excluding diaryl/α,β-unsaturated/α-hetero) is 1. The molecule has 0 unspecified atom stereocenters. The summed E-state index contributed by atoms with van der Waals surface area (Å²) in [6.45, 7) is 0. The Morgan fingerprint density at radius 3 is 2.26 bits per heavy atom. The van der Waals surface area contributed by atoms with Crippen molar-refractivity contribution in [3.05, 3.63) is 60.3 Å². The van der Waals surface area contributed by atoms with E-state index in [0.717, 1.165) is 10.9 Å². The van der Waals surface area contributed by atoms with Crippen molar-refractivity contribution in [3.63, 3.8) is 0 Å². The van der Waals surface area contributed by atoms with Gasteiger partial charge in [0.05, 0.1) is 7.11 Å². The Hall–Kier alpha value is -3.08. The SMILES string of the molecule is COC(=O)CC(=O)c1nnc(-c2ccccc2)c2ccccc12. The number of ketones is 1. The molecule has 0 saturated heterocycles. The Labute approximate surface area is 132 Å². The monoisotopic (exact) mass is 306 g/mol. The topological polar surface area (TPSA) is 69.2 Å². The number of methoxy groups -OCH3 is 1. The van der Waals surface area contributed by atoms with Crippen molar-refractivity contribution in [2.24, 2.45) is 0 Å². The summed E-state index contributed by atoms with van der Waals surface area (Å²) < 4.78 is 4.54. The fourth-order valence-corrected chi connectivity index (χ4v) is 2.41. The highest BCUT2D eigenvalue weighted by atomic mass is 16.5. The molecule has 2 aromatic carbocycles.